The fourth-order valence-electron chi connectivity index (χ4n) is 2.41. The largest absolute Gasteiger partial charge is 0.497 e. The Morgan fingerprint density at radius 3 is 2.40 bits per heavy atom. The summed E-state index contributed by atoms with van der Waals surface area (Å²) in [5, 5.41) is 3.31. The fourth-order valence-corrected chi connectivity index (χ4v) is 4.09. The highest BCUT2D eigenvalue weighted by molar-refractivity contribution is 7.91. The maximum absolute atomic E-state index is 11.6. The highest BCUT2D eigenvalue weighted by Gasteiger charge is 2.24. The molecular formula is C14H21NO4S. The van der Waals surface area contributed by atoms with Gasteiger partial charge in [-0.3, -0.25) is 0 Å². The SMILES string of the molecule is COc1cc(CNC2CCCS(=O)(=O)C2)cc(OC)c1. The van der Waals surface area contributed by atoms with Crippen molar-refractivity contribution in [1.82, 2.24) is 5.32 Å². The molecule has 1 aromatic rings. The lowest BCUT2D eigenvalue weighted by molar-refractivity contribution is 0.392. The molecule has 1 aliphatic rings. The van der Waals surface area contributed by atoms with Crippen LogP contribution in [0.5, 0.6) is 11.5 Å². The molecule has 1 heterocycles. The third kappa shape index (κ3) is 4.11. The van der Waals surface area contributed by atoms with Crippen LogP contribution in [0.15, 0.2) is 18.2 Å². The van der Waals surface area contributed by atoms with Crippen LogP contribution in [0.1, 0.15) is 18.4 Å². The molecule has 1 fully saturated rings. The lowest BCUT2D eigenvalue weighted by atomic mass is 10.1. The number of nitrogens with one attached hydrogen (secondary N) is 1. The Morgan fingerprint density at radius 2 is 1.85 bits per heavy atom. The van der Waals surface area contributed by atoms with Gasteiger partial charge in [-0.2, -0.15) is 0 Å². The van der Waals surface area contributed by atoms with E-state index in [1.54, 1.807) is 14.2 Å². The van der Waals surface area contributed by atoms with E-state index in [9.17, 15) is 8.42 Å². The predicted molar refractivity (Wildman–Crippen MR) is 78.1 cm³/mol. The van der Waals surface area contributed by atoms with E-state index < -0.39 is 9.84 Å². The van der Waals surface area contributed by atoms with E-state index in [0.29, 0.717) is 12.3 Å². The van der Waals surface area contributed by atoms with Crippen LogP contribution in [0.2, 0.25) is 0 Å². The van der Waals surface area contributed by atoms with Crippen molar-refractivity contribution < 1.29 is 17.9 Å². The quantitative estimate of drug-likeness (QED) is 0.889. The Labute approximate surface area is 120 Å². The van der Waals surface area contributed by atoms with E-state index in [0.717, 1.165) is 29.9 Å². The highest BCUT2D eigenvalue weighted by Crippen LogP contribution is 2.22. The van der Waals surface area contributed by atoms with Gasteiger partial charge in [0.15, 0.2) is 9.84 Å². The van der Waals surface area contributed by atoms with Crippen LogP contribution in [0, 0.1) is 0 Å². The maximum atomic E-state index is 11.6. The molecular weight excluding hydrogens is 278 g/mol. The molecule has 0 bridgehead atoms. The molecule has 1 N–H and O–H groups in total. The zero-order chi connectivity index (χ0) is 14.6. The van der Waals surface area contributed by atoms with Crippen molar-refractivity contribution in [2.75, 3.05) is 25.7 Å². The Hall–Kier alpha value is -1.27. The molecule has 0 radical (unpaired) electrons. The third-order valence-corrected chi connectivity index (χ3v) is 5.29. The first-order valence-corrected chi connectivity index (χ1v) is 8.50. The van der Waals surface area contributed by atoms with Gasteiger partial charge in [0.2, 0.25) is 0 Å². The normalized spacial score (nSPS) is 21.4. The number of rotatable bonds is 5. The van der Waals surface area contributed by atoms with E-state index >= 15 is 0 Å². The molecule has 112 valence electrons. The summed E-state index contributed by atoms with van der Waals surface area (Å²) in [7, 11) is 0.348. The van der Waals surface area contributed by atoms with Crippen LogP contribution in [0.25, 0.3) is 0 Å². The molecule has 0 aromatic heterocycles. The minimum atomic E-state index is -2.87. The van der Waals surface area contributed by atoms with E-state index in [4.69, 9.17) is 9.47 Å². The van der Waals surface area contributed by atoms with Gasteiger partial charge in [-0.25, -0.2) is 8.42 Å². The van der Waals surface area contributed by atoms with Crippen LogP contribution in [0.4, 0.5) is 0 Å². The first-order chi connectivity index (χ1) is 9.52. The molecule has 0 spiro atoms. The lowest BCUT2D eigenvalue weighted by Gasteiger charge is -2.23. The summed E-state index contributed by atoms with van der Waals surface area (Å²) in [6.07, 6.45) is 1.64. The second-order valence-corrected chi connectivity index (χ2v) is 7.28. The number of hydrogen-bond acceptors (Lipinski definition) is 5. The molecule has 1 aliphatic heterocycles. The first kappa shape index (κ1) is 15.1. The highest BCUT2D eigenvalue weighted by atomic mass is 32.2. The van der Waals surface area contributed by atoms with Crippen molar-refractivity contribution >= 4 is 9.84 Å². The molecule has 1 saturated heterocycles. The Bertz CT molecular complexity index is 534. The molecule has 0 aliphatic carbocycles. The number of methoxy groups -OCH3 is 2. The Balaban J connectivity index is 2.00. The van der Waals surface area contributed by atoms with Gasteiger partial charge in [0, 0.05) is 18.7 Å². The molecule has 20 heavy (non-hydrogen) atoms. The predicted octanol–water partition coefficient (Wildman–Crippen LogP) is 1.37. The zero-order valence-corrected chi connectivity index (χ0v) is 12.7. The van der Waals surface area contributed by atoms with Gasteiger partial charge in [0.25, 0.3) is 0 Å². The Morgan fingerprint density at radius 1 is 1.20 bits per heavy atom. The molecule has 2 rings (SSSR count). The molecule has 1 aromatic carbocycles. The molecule has 1 unspecified atom stereocenters. The average Bonchev–Trinajstić information content (AvgIpc) is 2.43. The summed E-state index contributed by atoms with van der Waals surface area (Å²) >= 11 is 0. The van der Waals surface area contributed by atoms with Crippen molar-refractivity contribution in [3.05, 3.63) is 23.8 Å². The van der Waals surface area contributed by atoms with E-state index in [-0.39, 0.29) is 11.8 Å². The second kappa shape index (κ2) is 6.45. The van der Waals surface area contributed by atoms with E-state index in [1.165, 1.54) is 0 Å². The summed E-state index contributed by atoms with van der Waals surface area (Å²) in [5.41, 5.74) is 1.02. The van der Waals surface area contributed by atoms with Crippen molar-refractivity contribution in [3.8, 4) is 11.5 Å². The monoisotopic (exact) mass is 299 g/mol. The van der Waals surface area contributed by atoms with Crippen LogP contribution >= 0.6 is 0 Å². The summed E-state index contributed by atoms with van der Waals surface area (Å²) in [6, 6.07) is 5.69. The van der Waals surface area contributed by atoms with Gasteiger partial charge in [0.1, 0.15) is 11.5 Å². The molecule has 5 nitrogen and oxygen atoms in total. The van der Waals surface area contributed by atoms with Gasteiger partial charge < -0.3 is 14.8 Å². The Kier molecular flexibility index (Phi) is 4.88. The smallest absolute Gasteiger partial charge is 0.151 e. The van der Waals surface area contributed by atoms with Crippen LogP contribution in [-0.4, -0.2) is 40.2 Å². The van der Waals surface area contributed by atoms with Crippen LogP contribution in [0.3, 0.4) is 0 Å². The van der Waals surface area contributed by atoms with Gasteiger partial charge >= 0.3 is 0 Å². The van der Waals surface area contributed by atoms with Crippen molar-refractivity contribution in [3.63, 3.8) is 0 Å². The summed E-state index contributed by atoms with van der Waals surface area (Å²) < 4.78 is 33.6. The summed E-state index contributed by atoms with van der Waals surface area (Å²) in [4.78, 5) is 0. The lowest BCUT2D eigenvalue weighted by Crippen LogP contribution is -2.39. The van der Waals surface area contributed by atoms with Gasteiger partial charge in [-0.05, 0) is 30.5 Å². The molecule has 0 saturated carbocycles. The van der Waals surface area contributed by atoms with Crippen LogP contribution < -0.4 is 14.8 Å². The number of benzene rings is 1. The molecule has 1 atom stereocenters. The number of sulfone groups is 1. The number of ether oxygens (including phenoxy) is 2. The topological polar surface area (TPSA) is 64.6 Å². The van der Waals surface area contributed by atoms with Gasteiger partial charge in [-0.15, -0.1) is 0 Å². The van der Waals surface area contributed by atoms with Crippen molar-refractivity contribution in [2.45, 2.75) is 25.4 Å². The number of hydrogen-bond donors (Lipinski definition) is 1. The van der Waals surface area contributed by atoms with Crippen molar-refractivity contribution in [2.24, 2.45) is 0 Å². The standard InChI is InChI=1S/C14H21NO4S/c1-18-13-6-11(7-14(8-13)19-2)9-15-12-4-3-5-20(16,17)10-12/h6-8,12,15H,3-5,9-10H2,1-2H3. The first-order valence-electron chi connectivity index (χ1n) is 6.68. The minimum Gasteiger partial charge on any atom is -0.497 e. The molecule has 0 amide bonds. The van der Waals surface area contributed by atoms with E-state index in [1.807, 2.05) is 18.2 Å². The van der Waals surface area contributed by atoms with Gasteiger partial charge in [0.05, 0.1) is 25.7 Å². The minimum absolute atomic E-state index is 0.0333. The third-order valence-electron chi connectivity index (χ3n) is 3.47. The summed E-state index contributed by atoms with van der Waals surface area (Å²) in [5.74, 6) is 2.02. The second-order valence-electron chi connectivity index (χ2n) is 5.06. The molecule has 6 heteroatoms. The van der Waals surface area contributed by atoms with Gasteiger partial charge in [-0.1, -0.05) is 0 Å². The average molecular weight is 299 g/mol. The van der Waals surface area contributed by atoms with Crippen LogP contribution in [-0.2, 0) is 16.4 Å². The maximum Gasteiger partial charge on any atom is 0.151 e. The van der Waals surface area contributed by atoms with E-state index in [2.05, 4.69) is 5.32 Å². The zero-order valence-electron chi connectivity index (χ0n) is 11.9. The van der Waals surface area contributed by atoms with Crippen molar-refractivity contribution in [1.29, 1.82) is 0 Å². The summed E-state index contributed by atoms with van der Waals surface area (Å²) in [6.45, 7) is 0.605. The fraction of sp³-hybridized carbons (Fsp3) is 0.571.